The quantitative estimate of drug-likeness (QED) is 0.594. The molecule has 0 amide bonds. The van der Waals surface area contributed by atoms with Crippen molar-refractivity contribution in [3.63, 3.8) is 0 Å². The van der Waals surface area contributed by atoms with Crippen LogP contribution in [0.2, 0.25) is 0 Å². The second-order valence-corrected chi connectivity index (χ2v) is 4.30. The Hall–Kier alpha value is -0.940. The SMILES string of the molecule is O=[N+]([O-])c1ccc(CNC2CC2)s1. The third-order valence-electron chi connectivity index (χ3n) is 1.97. The van der Waals surface area contributed by atoms with Crippen molar-refractivity contribution in [3.8, 4) is 0 Å². The first-order valence-corrected chi connectivity index (χ1v) is 5.04. The molecule has 1 aromatic rings. The number of rotatable bonds is 4. The molecule has 4 nitrogen and oxygen atoms in total. The van der Waals surface area contributed by atoms with Crippen LogP contribution in [-0.2, 0) is 6.54 Å². The van der Waals surface area contributed by atoms with Gasteiger partial charge >= 0.3 is 5.00 Å². The van der Waals surface area contributed by atoms with Crippen molar-refractivity contribution >= 4 is 16.3 Å². The molecule has 2 rings (SSSR count). The molecule has 0 saturated heterocycles. The first-order chi connectivity index (χ1) is 6.25. The van der Waals surface area contributed by atoms with Crippen molar-refractivity contribution in [2.75, 3.05) is 0 Å². The maximum Gasteiger partial charge on any atom is 0.324 e. The summed E-state index contributed by atoms with van der Waals surface area (Å²) in [5.41, 5.74) is 0. The molecule has 0 spiro atoms. The van der Waals surface area contributed by atoms with Crippen molar-refractivity contribution in [1.82, 2.24) is 5.32 Å². The molecule has 0 aliphatic heterocycles. The van der Waals surface area contributed by atoms with Crippen LogP contribution in [0.1, 0.15) is 17.7 Å². The standard InChI is InChI=1S/C8H10N2O2S/c11-10(12)8-4-3-7(13-8)5-9-6-1-2-6/h3-4,6,9H,1-2,5H2. The lowest BCUT2D eigenvalue weighted by Crippen LogP contribution is -2.14. The minimum absolute atomic E-state index is 0.229. The normalized spacial score (nSPS) is 16.0. The van der Waals surface area contributed by atoms with Gasteiger partial charge in [-0.3, -0.25) is 10.1 Å². The first-order valence-electron chi connectivity index (χ1n) is 4.22. The van der Waals surface area contributed by atoms with Gasteiger partial charge in [0.1, 0.15) is 0 Å². The van der Waals surface area contributed by atoms with E-state index in [4.69, 9.17) is 0 Å². The average Bonchev–Trinajstić information content (AvgIpc) is 2.79. The summed E-state index contributed by atoms with van der Waals surface area (Å²) >= 11 is 1.25. The van der Waals surface area contributed by atoms with E-state index in [9.17, 15) is 10.1 Å². The van der Waals surface area contributed by atoms with Gasteiger partial charge in [0.25, 0.3) is 0 Å². The zero-order valence-electron chi connectivity index (χ0n) is 7.03. The zero-order valence-corrected chi connectivity index (χ0v) is 7.84. The van der Waals surface area contributed by atoms with Gasteiger partial charge in [0.2, 0.25) is 0 Å². The van der Waals surface area contributed by atoms with Gasteiger partial charge in [0, 0.05) is 23.5 Å². The molecule has 0 aromatic carbocycles. The Morgan fingerprint density at radius 1 is 1.62 bits per heavy atom. The molecule has 1 aliphatic rings. The Morgan fingerprint density at radius 2 is 2.38 bits per heavy atom. The molecule has 1 aliphatic carbocycles. The van der Waals surface area contributed by atoms with E-state index in [2.05, 4.69) is 5.32 Å². The molecule has 0 bridgehead atoms. The number of nitro groups is 1. The summed E-state index contributed by atoms with van der Waals surface area (Å²) in [6.45, 7) is 0.767. The third-order valence-corrected chi connectivity index (χ3v) is 3.01. The molecular formula is C8H10N2O2S. The van der Waals surface area contributed by atoms with Crippen LogP contribution in [0.4, 0.5) is 5.00 Å². The maximum atomic E-state index is 10.4. The predicted octanol–water partition coefficient (Wildman–Crippen LogP) is 1.91. The van der Waals surface area contributed by atoms with Gasteiger partial charge in [0.05, 0.1) is 4.92 Å². The highest BCUT2D eigenvalue weighted by atomic mass is 32.1. The zero-order chi connectivity index (χ0) is 9.26. The summed E-state index contributed by atoms with van der Waals surface area (Å²) in [5, 5.41) is 13.9. The molecule has 5 heteroatoms. The minimum Gasteiger partial charge on any atom is -0.309 e. The van der Waals surface area contributed by atoms with Crippen molar-refractivity contribution < 1.29 is 4.92 Å². The fraction of sp³-hybridized carbons (Fsp3) is 0.500. The van der Waals surface area contributed by atoms with Gasteiger partial charge in [-0.1, -0.05) is 11.3 Å². The van der Waals surface area contributed by atoms with Gasteiger partial charge in [-0.25, -0.2) is 0 Å². The van der Waals surface area contributed by atoms with Crippen LogP contribution in [-0.4, -0.2) is 11.0 Å². The van der Waals surface area contributed by atoms with Crippen LogP contribution in [0.3, 0.4) is 0 Å². The molecule has 70 valence electrons. The smallest absolute Gasteiger partial charge is 0.309 e. The van der Waals surface area contributed by atoms with Crippen LogP contribution < -0.4 is 5.32 Å². The maximum absolute atomic E-state index is 10.4. The van der Waals surface area contributed by atoms with E-state index in [0.717, 1.165) is 11.4 Å². The lowest BCUT2D eigenvalue weighted by atomic mass is 10.4. The summed E-state index contributed by atoms with van der Waals surface area (Å²) in [7, 11) is 0. The molecule has 0 atom stereocenters. The lowest BCUT2D eigenvalue weighted by molar-refractivity contribution is -0.380. The molecule has 1 heterocycles. The van der Waals surface area contributed by atoms with Gasteiger partial charge < -0.3 is 5.32 Å². The fourth-order valence-electron chi connectivity index (χ4n) is 1.09. The van der Waals surface area contributed by atoms with E-state index in [-0.39, 0.29) is 9.92 Å². The van der Waals surface area contributed by atoms with Crippen molar-refractivity contribution in [1.29, 1.82) is 0 Å². The number of hydrogen-bond acceptors (Lipinski definition) is 4. The molecule has 1 fully saturated rings. The number of nitrogens with zero attached hydrogens (tertiary/aromatic N) is 1. The highest BCUT2D eigenvalue weighted by Crippen LogP contribution is 2.25. The van der Waals surface area contributed by atoms with E-state index in [1.807, 2.05) is 6.07 Å². The molecule has 1 N–H and O–H groups in total. The monoisotopic (exact) mass is 198 g/mol. The lowest BCUT2D eigenvalue weighted by Gasteiger charge is -1.96. The van der Waals surface area contributed by atoms with Crippen molar-refractivity contribution in [3.05, 3.63) is 27.1 Å². The van der Waals surface area contributed by atoms with E-state index in [0.29, 0.717) is 6.04 Å². The van der Waals surface area contributed by atoms with Crippen LogP contribution in [0.15, 0.2) is 12.1 Å². The molecule has 13 heavy (non-hydrogen) atoms. The fourth-order valence-corrected chi connectivity index (χ4v) is 1.86. The Kier molecular flexibility index (Phi) is 2.28. The minimum atomic E-state index is -0.342. The first kappa shape index (κ1) is 8.65. The van der Waals surface area contributed by atoms with Gasteiger partial charge in [-0.05, 0) is 18.9 Å². The molecule has 1 saturated carbocycles. The summed E-state index contributed by atoms with van der Waals surface area (Å²) in [6, 6.07) is 4.04. The number of nitrogens with one attached hydrogen (secondary N) is 1. The Bertz CT molecular complexity index is 320. The van der Waals surface area contributed by atoms with Crippen molar-refractivity contribution in [2.45, 2.75) is 25.4 Å². The van der Waals surface area contributed by atoms with Gasteiger partial charge in [-0.2, -0.15) is 0 Å². The highest BCUT2D eigenvalue weighted by molar-refractivity contribution is 7.15. The number of thiophene rings is 1. The highest BCUT2D eigenvalue weighted by Gasteiger charge is 2.20. The van der Waals surface area contributed by atoms with Gasteiger partial charge in [0.15, 0.2) is 0 Å². The molecule has 0 radical (unpaired) electrons. The average molecular weight is 198 g/mol. The van der Waals surface area contributed by atoms with Gasteiger partial charge in [-0.15, -0.1) is 0 Å². The molecular weight excluding hydrogens is 188 g/mol. The van der Waals surface area contributed by atoms with E-state index >= 15 is 0 Å². The summed E-state index contributed by atoms with van der Waals surface area (Å²) in [5.74, 6) is 0. The van der Waals surface area contributed by atoms with Crippen LogP contribution in [0.5, 0.6) is 0 Å². The van der Waals surface area contributed by atoms with Crippen molar-refractivity contribution in [2.24, 2.45) is 0 Å². The molecule has 0 unspecified atom stereocenters. The predicted molar refractivity (Wildman–Crippen MR) is 50.8 cm³/mol. The second-order valence-electron chi connectivity index (χ2n) is 3.15. The third kappa shape index (κ3) is 2.26. The van der Waals surface area contributed by atoms with E-state index < -0.39 is 0 Å². The Balaban J connectivity index is 1.92. The largest absolute Gasteiger partial charge is 0.324 e. The second kappa shape index (κ2) is 3.43. The van der Waals surface area contributed by atoms with Crippen LogP contribution in [0.25, 0.3) is 0 Å². The van der Waals surface area contributed by atoms with Crippen LogP contribution in [0, 0.1) is 10.1 Å². The van der Waals surface area contributed by atoms with Crippen LogP contribution >= 0.6 is 11.3 Å². The summed E-state index contributed by atoms with van der Waals surface area (Å²) in [4.78, 5) is 11.1. The Morgan fingerprint density at radius 3 is 2.92 bits per heavy atom. The van der Waals surface area contributed by atoms with E-state index in [1.165, 1.54) is 24.2 Å². The summed E-state index contributed by atoms with van der Waals surface area (Å²) in [6.07, 6.45) is 2.49. The Labute approximate surface area is 79.7 Å². The number of hydrogen-bond donors (Lipinski definition) is 1. The summed E-state index contributed by atoms with van der Waals surface area (Å²) < 4.78 is 0. The topological polar surface area (TPSA) is 55.2 Å². The van der Waals surface area contributed by atoms with E-state index in [1.54, 1.807) is 6.07 Å². The molecule has 1 aromatic heterocycles.